The number of benzene rings is 1. The highest BCUT2D eigenvalue weighted by Crippen LogP contribution is 2.12. The normalized spacial score (nSPS) is 17.6. The molecular formula is C22H30N4O2. The second kappa shape index (κ2) is 9.64. The van der Waals surface area contributed by atoms with Crippen molar-refractivity contribution >= 4 is 5.91 Å². The van der Waals surface area contributed by atoms with Gasteiger partial charge in [0.1, 0.15) is 5.69 Å². The number of piperidine rings is 1. The maximum Gasteiger partial charge on any atom is 0.345 e. The van der Waals surface area contributed by atoms with E-state index in [1.807, 2.05) is 6.07 Å². The Kier molecular flexibility index (Phi) is 6.98. The van der Waals surface area contributed by atoms with Gasteiger partial charge in [-0.2, -0.15) is 4.98 Å². The molecule has 1 aliphatic rings. The SMILES string of the molecule is CC(C)Cc1cc(C(=O)N[C@H]2CCCN(CCc3ccccc3)C2)nc(=O)[nH]1. The second-order valence-corrected chi connectivity index (χ2v) is 8.04. The lowest BCUT2D eigenvalue weighted by atomic mass is 10.0. The zero-order chi connectivity index (χ0) is 19.9. The monoisotopic (exact) mass is 382 g/mol. The van der Waals surface area contributed by atoms with Crippen LogP contribution in [0, 0.1) is 5.92 Å². The van der Waals surface area contributed by atoms with Gasteiger partial charge in [-0.1, -0.05) is 44.2 Å². The number of hydrogen-bond donors (Lipinski definition) is 2. The van der Waals surface area contributed by atoms with Crippen molar-refractivity contribution in [3.63, 3.8) is 0 Å². The Labute approximate surface area is 166 Å². The molecule has 6 nitrogen and oxygen atoms in total. The van der Waals surface area contributed by atoms with Gasteiger partial charge in [0, 0.05) is 24.8 Å². The van der Waals surface area contributed by atoms with Crippen LogP contribution in [-0.2, 0) is 12.8 Å². The van der Waals surface area contributed by atoms with Gasteiger partial charge in [0.15, 0.2) is 0 Å². The number of hydrogen-bond acceptors (Lipinski definition) is 4. The van der Waals surface area contributed by atoms with Gasteiger partial charge in [-0.05, 0) is 49.8 Å². The molecule has 1 fully saturated rings. The molecule has 0 unspecified atom stereocenters. The highest BCUT2D eigenvalue weighted by atomic mass is 16.2. The van der Waals surface area contributed by atoms with Crippen LogP contribution in [0.15, 0.2) is 41.2 Å². The van der Waals surface area contributed by atoms with Crippen molar-refractivity contribution in [2.45, 2.75) is 45.6 Å². The van der Waals surface area contributed by atoms with Crippen molar-refractivity contribution in [1.82, 2.24) is 20.2 Å². The second-order valence-electron chi connectivity index (χ2n) is 8.04. The van der Waals surface area contributed by atoms with Crippen LogP contribution < -0.4 is 11.0 Å². The molecule has 2 heterocycles. The van der Waals surface area contributed by atoms with Crippen LogP contribution in [0.4, 0.5) is 0 Å². The smallest absolute Gasteiger partial charge is 0.345 e. The molecule has 0 spiro atoms. The molecule has 0 radical (unpaired) electrons. The van der Waals surface area contributed by atoms with E-state index >= 15 is 0 Å². The van der Waals surface area contributed by atoms with Crippen LogP contribution in [-0.4, -0.2) is 46.5 Å². The summed E-state index contributed by atoms with van der Waals surface area (Å²) in [6, 6.07) is 12.3. The highest BCUT2D eigenvalue weighted by molar-refractivity contribution is 5.92. The molecule has 1 aliphatic heterocycles. The Morgan fingerprint density at radius 3 is 2.86 bits per heavy atom. The van der Waals surface area contributed by atoms with Gasteiger partial charge in [0.05, 0.1) is 0 Å². The molecule has 1 aromatic heterocycles. The Hall–Kier alpha value is -2.47. The number of carbonyl (C=O) groups excluding carboxylic acids is 1. The Morgan fingerprint density at radius 2 is 2.11 bits per heavy atom. The first kappa shape index (κ1) is 20.3. The molecule has 1 aromatic carbocycles. The topological polar surface area (TPSA) is 78.1 Å². The van der Waals surface area contributed by atoms with Gasteiger partial charge >= 0.3 is 5.69 Å². The number of likely N-dealkylation sites (tertiary alicyclic amines) is 1. The summed E-state index contributed by atoms with van der Waals surface area (Å²) in [6.45, 7) is 7.02. The number of rotatable bonds is 7. The first-order valence-corrected chi connectivity index (χ1v) is 10.2. The number of amides is 1. The van der Waals surface area contributed by atoms with Crippen molar-refractivity contribution in [2.24, 2.45) is 5.92 Å². The first-order valence-electron chi connectivity index (χ1n) is 10.2. The minimum Gasteiger partial charge on any atom is -0.347 e. The van der Waals surface area contributed by atoms with E-state index in [0.717, 1.165) is 44.6 Å². The minimum atomic E-state index is -0.462. The van der Waals surface area contributed by atoms with Crippen molar-refractivity contribution < 1.29 is 4.79 Å². The first-order chi connectivity index (χ1) is 13.5. The average molecular weight is 383 g/mol. The molecule has 2 N–H and O–H groups in total. The van der Waals surface area contributed by atoms with E-state index in [4.69, 9.17) is 0 Å². The van der Waals surface area contributed by atoms with Gasteiger partial charge in [-0.3, -0.25) is 4.79 Å². The standard InChI is InChI=1S/C22H30N4O2/c1-16(2)13-19-14-20(25-22(28)24-19)21(27)23-18-9-6-11-26(15-18)12-10-17-7-4-3-5-8-17/h3-5,7-8,14,16,18H,6,9-13,15H2,1-2H3,(H,23,27)(H,24,25,28)/t18-/m0/s1. The van der Waals surface area contributed by atoms with E-state index in [2.05, 4.69) is 58.3 Å². The van der Waals surface area contributed by atoms with E-state index in [1.54, 1.807) is 6.07 Å². The minimum absolute atomic E-state index is 0.0895. The molecule has 28 heavy (non-hydrogen) atoms. The van der Waals surface area contributed by atoms with E-state index in [1.165, 1.54) is 5.56 Å². The van der Waals surface area contributed by atoms with E-state index < -0.39 is 5.69 Å². The summed E-state index contributed by atoms with van der Waals surface area (Å²) in [5.41, 5.74) is 1.84. The third-order valence-corrected chi connectivity index (χ3v) is 5.06. The zero-order valence-electron chi connectivity index (χ0n) is 16.8. The molecular weight excluding hydrogens is 352 g/mol. The summed E-state index contributed by atoms with van der Waals surface area (Å²) in [5, 5.41) is 3.08. The Balaban J connectivity index is 1.56. The van der Waals surface area contributed by atoms with Crippen LogP contribution in [0.2, 0.25) is 0 Å². The lowest BCUT2D eigenvalue weighted by molar-refractivity contribution is 0.0898. The van der Waals surface area contributed by atoms with E-state index in [0.29, 0.717) is 12.3 Å². The number of aromatic amines is 1. The van der Waals surface area contributed by atoms with E-state index in [-0.39, 0.29) is 17.6 Å². The fraction of sp³-hybridized carbons (Fsp3) is 0.500. The third-order valence-electron chi connectivity index (χ3n) is 5.06. The molecule has 3 rings (SSSR count). The average Bonchev–Trinajstić information content (AvgIpc) is 2.66. The van der Waals surface area contributed by atoms with Crippen LogP contribution in [0.25, 0.3) is 0 Å². The molecule has 0 bridgehead atoms. The molecule has 1 saturated heterocycles. The Morgan fingerprint density at radius 1 is 1.32 bits per heavy atom. The van der Waals surface area contributed by atoms with Gasteiger partial charge in [0.25, 0.3) is 5.91 Å². The number of aromatic nitrogens is 2. The highest BCUT2D eigenvalue weighted by Gasteiger charge is 2.22. The number of H-pyrrole nitrogens is 1. The van der Waals surface area contributed by atoms with Crippen molar-refractivity contribution in [3.05, 3.63) is 63.8 Å². The quantitative estimate of drug-likeness (QED) is 0.771. The van der Waals surface area contributed by atoms with Gasteiger partial charge in [-0.15, -0.1) is 0 Å². The molecule has 6 heteroatoms. The molecule has 0 saturated carbocycles. The maximum absolute atomic E-state index is 12.6. The summed E-state index contributed by atoms with van der Waals surface area (Å²) in [5.74, 6) is 0.136. The third kappa shape index (κ3) is 6.02. The lowest BCUT2D eigenvalue weighted by Gasteiger charge is -2.33. The summed E-state index contributed by atoms with van der Waals surface area (Å²) in [6.07, 6.45) is 3.74. The summed E-state index contributed by atoms with van der Waals surface area (Å²) in [4.78, 5) is 33.4. The molecule has 1 atom stereocenters. The summed E-state index contributed by atoms with van der Waals surface area (Å²) >= 11 is 0. The van der Waals surface area contributed by atoms with Crippen LogP contribution in [0.3, 0.4) is 0 Å². The summed E-state index contributed by atoms with van der Waals surface area (Å²) in [7, 11) is 0. The zero-order valence-corrected chi connectivity index (χ0v) is 16.8. The van der Waals surface area contributed by atoms with Crippen molar-refractivity contribution in [1.29, 1.82) is 0 Å². The van der Waals surface area contributed by atoms with Crippen LogP contribution >= 0.6 is 0 Å². The Bertz CT molecular complexity index is 832. The largest absolute Gasteiger partial charge is 0.347 e. The van der Waals surface area contributed by atoms with E-state index in [9.17, 15) is 9.59 Å². The van der Waals surface area contributed by atoms with Gasteiger partial charge in [0.2, 0.25) is 0 Å². The molecule has 150 valence electrons. The number of nitrogens with zero attached hydrogens (tertiary/aromatic N) is 2. The summed E-state index contributed by atoms with van der Waals surface area (Å²) < 4.78 is 0. The van der Waals surface area contributed by atoms with Crippen molar-refractivity contribution in [2.75, 3.05) is 19.6 Å². The predicted molar refractivity (Wildman–Crippen MR) is 110 cm³/mol. The van der Waals surface area contributed by atoms with Gasteiger partial charge < -0.3 is 15.2 Å². The van der Waals surface area contributed by atoms with Crippen LogP contribution in [0.1, 0.15) is 48.4 Å². The molecule has 0 aliphatic carbocycles. The van der Waals surface area contributed by atoms with Crippen molar-refractivity contribution in [3.8, 4) is 0 Å². The van der Waals surface area contributed by atoms with Crippen LogP contribution in [0.5, 0.6) is 0 Å². The fourth-order valence-electron chi connectivity index (χ4n) is 3.74. The lowest BCUT2D eigenvalue weighted by Crippen LogP contribution is -2.48. The fourth-order valence-corrected chi connectivity index (χ4v) is 3.74. The van der Waals surface area contributed by atoms with Gasteiger partial charge in [-0.25, -0.2) is 4.79 Å². The molecule has 1 amide bonds. The number of nitrogens with one attached hydrogen (secondary N) is 2. The predicted octanol–water partition coefficient (Wildman–Crippen LogP) is 2.41. The maximum atomic E-state index is 12.6. The number of carbonyl (C=O) groups is 1. The molecule has 2 aromatic rings.